The largest absolute Gasteiger partial charge is 0.486 e. The monoisotopic (exact) mass is 413 g/mol. The van der Waals surface area contributed by atoms with Gasteiger partial charge in [-0.3, -0.25) is 4.79 Å². The Morgan fingerprint density at radius 1 is 1.07 bits per heavy atom. The summed E-state index contributed by atoms with van der Waals surface area (Å²) < 4.78 is 18.9. The lowest BCUT2D eigenvalue weighted by atomic mass is 10.2. The molecular formula is C22H24FN3O2S. The molecule has 1 amide bonds. The van der Waals surface area contributed by atoms with Gasteiger partial charge in [0.2, 0.25) is 0 Å². The van der Waals surface area contributed by atoms with Crippen molar-refractivity contribution in [3.8, 4) is 5.75 Å². The molecule has 0 N–H and O–H groups in total. The topological polar surface area (TPSA) is 45.7 Å². The molecular weight excluding hydrogens is 389 g/mol. The first-order valence-electron chi connectivity index (χ1n) is 9.32. The maximum absolute atomic E-state index is 13.2. The number of hydrogen-bond donors (Lipinski definition) is 0. The Morgan fingerprint density at radius 2 is 1.79 bits per heavy atom. The summed E-state index contributed by atoms with van der Waals surface area (Å²) in [7, 11) is 3.92. The molecule has 152 valence electrons. The molecule has 3 aromatic rings. The van der Waals surface area contributed by atoms with Crippen LogP contribution in [0.5, 0.6) is 5.75 Å². The molecule has 0 fully saturated rings. The van der Waals surface area contributed by atoms with Gasteiger partial charge < -0.3 is 14.5 Å². The highest BCUT2D eigenvalue weighted by Crippen LogP contribution is 2.17. The molecule has 0 bridgehead atoms. The lowest BCUT2D eigenvalue weighted by Crippen LogP contribution is -2.36. The van der Waals surface area contributed by atoms with Crippen LogP contribution < -0.4 is 4.74 Å². The number of ether oxygens (including phenoxy) is 1. The van der Waals surface area contributed by atoms with Gasteiger partial charge in [0.25, 0.3) is 5.91 Å². The lowest BCUT2D eigenvalue weighted by molar-refractivity contribution is 0.0730. The van der Waals surface area contributed by atoms with E-state index >= 15 is 0 Å². The van der Waals surface area contributed by atoms with E-state index in [4.69, 9.17) is 4.74 Å². The normalized spacial score (nSPS) is 10.9. The quantitative estimate of drug-likeness (QED) is 0.531. The summed E-state index contributed by atoms with van der Waals surface area (Å²) in [5, 5.41) is 2.80. The summed E-state index contributed by atoms with van der Waals surface area (Å²) in [5.41, 5.74) is 1.28. The van der Waals surface area contributed by atoms with Crippen molar-refractivity contribution < 1.29 is 13.9 Å². The van der Waals surface area contributed by atoms with E-state index in [9.17, 15) is 9.18 Å². The molecule has 0 unspecified atom stereocenters. The number of para-hydroxylation sites is 1. The van der Waals surface area contributed by atoms with Crippen LogP contribution >= 0.6 is 11.3 Å². The van der Waals surface area contributed by atoms with Gasteiger partial charge in [-0.15, -0.1) is 11.3 Å². The number of hydrogen-bond acceptors (Lipinski definition) is 5. The Bertz CT molecular complexity index is 913. The minimum Gasteiger partial charge on any atom is -0.486 e. The number of nitrogens with zero attached hydrogens (tertiary/aromatic N) is 3. The third kappa shape index (κ3) is 6.37. The van der Waals surface area contributed by atoms with Gasteiger partial charge in [0.15, 0.2) is 0 Å². The highest BCUT2D eigenvalue weighted by atomic mass is 32.1. The first kappa shape index (κ1) is 21.0. The second-order valence-electron chi connectivity index (χ2n) is 6.87. The zero-order valence-corrected chi connectivity index (χ0v) is 17.4. The summed E-state index contributed by atoms with van der Waals surface area (Å²) in [6, 6.07) is 15.2. The number of benzene rings is 2. The Labute approximate surface area is 174 Å². The van der Waals surface area contributed by atoms with Gasteiger partial charge in [0.1, 0.15) is 23.2 Å². The van der Waals surface area contributed by atoms with E-state index in [1.165, 1.54) is 35.6 Å². The van der Waals surface area contributed by atoms with E-state index in [-0.39, 0.29) is 11.7 Å². The maximum Gasteiger partial charge on any atom is 0.254 e. The third-order valence-electron chi connectivity index (χ3n) is 4.25. The van der Waals surface area contributed by atoms with Crippen LogP contribution in [0, 0.1) is 5.82 Å². The SMILES string of the molecule is CN(C)CCN(Cc1csc(COc2ccccc2)n1)C(=O)c1ccc(F)cc1. The fraction of sp³-hybridized carbons (Fsp3) is 0.273. The minimum absolute atomic E-state index is 0.137. The number of rotatable bonds is 9. The molecule has 0 spiro atoms. The van der Waals surface area contributed by atoms with E-state index in [1.807, 2.05) is 54.7 Å². The van der Waals surface area contributed by atoms with Crippen LogP contribution in [-0.2, 0) is 13.2 Å². The predicted octanol–water partition coefficient (Wildman–Crippen LogP) is 4.07. The Morgan fingerprint density at radius 3 is 2.48 bits per heavy atom. The minimum atomic E-state index is -0.357. The molecule has 0 aliphatic heterocycles. The summed E-state index contributed by atoms with van der Waals surface area (Å²) in [5.74, 6) is 0.300. The zero-order chi connectivity index (χ0) is 20.6. The van der Waals surface area contributed by atoms with Crippen molar-refractivity contribution in [2.45, 2.75) is 13.2 Å². The van der Waals surface area contributed by atoms with Gasteiger partial charge in [-0.2, -0.15) is 0 Å². The van der Waals surface area contributed by atoms with Gasteiger partial charge in [0, 0.05) is 24.0 Å². The van der Waals surface area contributed by atoms with Gasteiger partial charge in [-0.25, -0.2) is 9.37 Å². The summed E-state index contributed by atoms with van der Waals surface area (Å²) >= 11 is 1.51. The average molecular weight is 414 g/mol. The fourth-order valence-electron chi connectivity index (χ4n) is 2.69. The van der Waals surface area contributed by atoms with Crippen LogP contribution in [0.4, 0.5) is 4.39 Å². The van der Waals surface area contributed by atoms with Crippen molar-refractivity contribution in [1.29, 1.82) is 0 Å². The van der Waals surface area contributed by atoms with E-state index in [0.717, 1.165) is 23.0 Å². The van der Waals surface area contributed by atoms with E-state index in [1.54, 1.807) is 4.90 Å². The molecule has 2 aromatic carbocycles. The molecule has 1 aromatic heterocycles. The number of aromatic nitrogens is 1. The van der Waals surface area contributed by atoms with E-state index < -0.39 is 0 Å². The van der Waals surface area contributed by atoms with Crippen LogP contribution in [0.15, 0.2) is 60.0 Å². The Balaban J connectivity index is 1.66. The van der Waals surface area contributed by atoms with Gasteiger partial charge in [-0.05, 0) is 50.5 Å². The molecule has 7 heteroatoms. The maximum atomic E-state index is 13.2. The summed E-state index contributed by atoms with van der Waals surface area (Å²) in [4.78, 5) is 21.3. The predicted molar refractivity (Wildman–Crippen MR) is 113 cm³/mol. The second kappa shape index (κ2) is 10.1. The number of carbonyl (C=O) groups is 1. The molecule has 3 rings (SSSR count). The Hall–Kier alpha value is -2.77. The van der Waals surface area contributed by atoms with Crippen LogP contribution in [0.25, 0.3) is 0 Å². The highest BCUT2D eigenvalue weighted by Gasteiger charge is 2.18. The van der Waals surface area contributed by atoms with Crippen molar-refractivity contribution in [3.05, 3.63) is 82.1 Å². The number of thiazole rings is 1. The first-order valence-corrected chi connectivity index (χ1v) is 10.2. The first-order chi connectivity index (χ1) is 14.0. The smallest absolute Gasteiger partial charge is 0.254 e. The average Bonchev–Trinajstić information content (AvgIpc) is 3.18. The van der Waals surface area contributed by atoms with E-state index in [2.05, 4.69) is 4.98 Å². The van der Waals surface area contributed by atoms with Crippen LogP contribution in [-0.4, -0.2) is 47.9 Å². The van der Waals surface area contributed by atoms with Gasteiger partial charge >= 0.3 is 0 Å². The third-order valence-corrected chi connectivity index (χ3v) is 5.12. The summed E-state index contributed by atoms with van der Waals surface area (Å²) in [6.07, 6.45) is 0. The number of carbonyl (C=O) groups excluding carboxylic acids is 1. The van der Waals surface area contributed by atoms with Crippen molar-refractivity contribution in [2.24, 2.45) is 0 Å². The van der Waals surface area contributed by atoms with Gasteiger partial charge in [0.05, 0.1) is 12.2 Å². The molecule has 0 aliphatic rings. The Kier molecular flexibility index (Phi) is 7.32. The molecule has 0 aliphatic carbocycles. The van der Waals surface area contributed by atoms with Crippen molar-refractivity contribution >= 4 is 17.2 Å². The van der Waals surface area contributed by atoms with Crippen LogP contribution in [0.2, 0.25) is 0 Å². The summed E-state index contributed by atoms with van der Waals surface area (Å²) in [6.45, 7) is 2.06. The second-order valence-corrected chi connectivity index (χ2v) is 7.81. The molecule has 0 radical (unpaired) electrons. The van der Waals surface area contributed by atoms with Crippen molar-refractivity contribution in [2.75, 3.05) is 27.2 Å². The molecule has 0 saturated carbocycles. The molecule has 29 heavy (non-hydrogen) atoms. The van der Waals surface area contributed by atoms with Crippen LogP contribution in [0.1, 0.15) is 21.1 Å². The van der Waals surface area contributed by atoms with Crippen molar-refractivity contribution in [1.82, 2.24) is 14.8 Å². The van der Waals surface area contributed by atoms with E-state index in [0.29, 0.717) is 25.3 Å². The standard InChI is InChI=1S/C22H24FN3O2S/c1-25(2)12-13-26(22(27)17-8-10-18(23)11-9-17)14-19-16-29-21(24-19)15-28-20-6-4-3-5-7-20/h3-11,16H,12-15H2,1-2H3. The number of amides is 1. The van der Waals surface area contributed by atoms with Crippen molar-refractivity contribution in [3.63, 3.8) is 0 Å². The van der Waals surface area contributed by atoms with Crippen LogP contribution in [0.3, 0.4) is 0 Å². The number of halogens is 1. The molecule has 0 saturated heterocycles. The number of likely N-dealkylation sites (N-methyl/N-ethyl adjacent to an activating group) is 1. The lowest BCUT2D eigenvalue weighted by Gasteiger charge is -2.24. The molecule has 0 atom stereocenters. The zero-order valence-electron chi connectivity index (χ0n) is 16.5. The highest BCUT2D eigenvalue weighted by molar-refractivity contribution is 7.09. The molecule has 1 heterocycles. The molecule has 5 nitrogen and oxygen atoms in total. The van der Waals surface area contributed by atoms with Gasteiger partial charge in [-0.1, -0.05) is 18.2 Å². The fourth-order valence-corrected chi connectivity index (χ4v) is 3.39.